The van der Waals surface area contributed by atoms with E-state index in [1.807, 2.05) is 24.1 Å². The molecule has 3 N–H and O–H groups in total. The van der Waals surface area contributed by atoms with E-state index in [1.54, 1.807) is 20.0 Å². The molecule has 35 heavy (non-hydrogen) atoms. The van der Waals surface area contributed by atoms with E-state index in [1.165, 1.54) is 31.7 Å². The topological polar surface area (TPSA) is 80.5 Å². The van der Waals surface area contributed by atoms with Gasteiger partial charge >= 0.3 is 0 Å². The van der Waals surface area contributed by atoms with E-state index in [0.717, 1.165) is 29.4 Å². The van der Waals surface area contributed by atoms with Gasteiger partial charge in [0.1, 0.15) is 11.9 Å². The fraction of sp³-hybridized carbons (Fsp3) is 0.630. The Hall–Kier alpha value is -2.45. The predicted molar refractivity (Wildman–Crippen MR) is 135 cm³/mol. The lowest BCUT2D eigenvalue weighted by Crippen LogP contribution is -2.54. The molecule has 2 aromatic rings. The number of likely N-dealkylation sites (tertiary alicyclic amines) is 2. The molecule has 3 heterocycles. The maximum Gasteiger partial charge on any atom is 0.245 e. The zero-order valence-electron chi connectivity index (χ0n) is 21.0. The summed E-state index contributed by atoms with van der Waals surface area (Å²) in [6.07, 6.45) is 8.50. The summed E-state index contributed by atoms with van der Waals surface area (Å²) in [6, 6.07) is 4.99. The summed E-state index contributed by atoms with van der Waals surface area (Å²) in [5.41, 5.74) is 1.96. The van der Waals surface area contributed by atoms with Crippen LogP contribution in [-0.2, 0) is 9.59 Å². The highest BCUT2D eigenvalue weighted by Crippen LogP contribution is 2.45. The number of nitrogens with one attached hydrogen (secondary N) is 3. The first-order valence-electron chi connectivity index (χ1n) is 13.2. The Kier molecular flexibility index (Phi) is 6.86. The fourth-order valence-corrected chi connectivity index (χ4v) is 6.71. The van der Waals surface area contributed by atoms with Crippen molar-refractivity contribution in [2.45, 2.75) is 88.5 Å². The monoisotopic (exact) mass is 483 g/mol. The summed E-state index contributed by atoms with van der Waals surface area (Å²) >= 11 is 0. The van der Waals surface area contributed by atoms with Crippen LogP contribution in [0.3, 0.4) is 0 Å². The average molecular weight is 484 g/mol. The Morgan fingerprint density at radius 3 is 2.71 bits per heavy atom. The van der Waals surface area contributed by atoms with Crippen molar-refractivity contribution in [1.29, 1.82) is 0 Å². The maximum absolute atomic E-state index is 13.9. The van der Waals surface area contributed by atoms with E-state index in [-0.39, 0.29) is 35.6 Å². The van der Waals surface area contributed by atoms with E-state index in [2.05, 4.69) is 20.5 Å². The summed E-state index contributed by atoms with van der Waals surface area (Å²) in [6.45, 7) is 5.36. The van der Waals surface area contributed by atoms with Crippen molar-refractivity contribution in [1.82, 2.24) is 25.4 Å². The molecule has 1 saturated carbocycles. The van der Waals surface area contributed by atoms with Gasteiger partial charge in [-0.25, -0.2) is 4.39 Å². The third-order valence-electron chi connectivity index (χ3n) is 8.67. The minimum atomic E-state index is -0.532. The van der Waals surface area contributed by atoms with Crippen LogP contribution in [0.2, 0.25) is 0 Å². The summed E-state index contributed by atoms with van der Waals surface area (Å²) in [7, 11) is 1.74. The molecule has 0 radical (unpaired) electrons. The van der Waals surface area contributed by atoms with Crippen molar-refractivity contribution in [3.05, 3.63) is 35.8 Å². The maximum atomic E-state index is 13.9. The smallest absolute Gasteiger partial charge is 0.245 e. The number of carbonyl (C=O) groups is 2. The Bertz CT molecular complexity index is 1080. The minimum absolute atomic E-state index is 0.0146. The van der Waals surface area contributed by atoms with Crippen LogP contribution in [0.25, 0.3) is 10.9 Å². The van der Waals surface area contributed by atoms with E-state index >= 15 is 0 Å². The van der Waals surface area contributed by atoms with Gasteiger partial charge in [-0.1, -0.05) is 19.8 Å². The van der Waals surface area contributed by atoms with Crippen LogP contribution in [-0.4, -0.2) is 76.9 Å². The lowest BCUT2D eigenvalue weighted by molar-refractivity contribution is -0.137. The number of hydrogen-bond donors (Lipinski definition) is 3. The van der Waals surface area contributed by atoms with Crippen LogP contribution in [0.15, 0.2) is 24.4 Å². The first kappa shape index (κ1) is 24.3. The fourth-order valence-electron chi connectivity index (χ4n) is 6.71. The molecule has 5 atom stereocenters. The normalized spacial score (nSPS) is 26.9. The summed E-state index contributed by atoms with van der Waals surface area (Å²) in [4.78, 5) is 34.4. The van der Waals surface area contributed by atoms with Gasteiger partial charge < -0.3 is 20.5 Å². The Morgan fingerprint density at radius 1 is 1.23 bits per heavy atom. The third-order valence-corrected chi connectivity index (χ3v) is 8.67. The second-order valence-electron chi connectivity index (χ2n) is 10.5. The summed E-state index contributed by atoms with van der Waals surface area (Å²) in [5.74, 6) is -0.244. The van der Waals surface area contributed by atoms with Crippen LogP contribution in [0, 0.1) is 5.82 Å². The molecule has 0 bridgehead atoms. The largest absolute Gasteiger partial charge is 0.361 e. The quantitative estimate of drug-likeness (QED) is 0.565. The Morgan fingerprint density at radius 2 is 2.00 bits per heavy atom. The predicted octanol–water partition coefficient (Wildman–Crippen LogP) is 3.12. The number of aromatic amines is 1. The molecule has 2 aliphatic heterocycles. The summed E-state index contributed by atoms with van der Waals surface area (Å²) in [5, 5.41) is 6.95. The highest BCUT2D eigenvalue weighted by Gasteiger charge is 2.53. The van der Waals surface area contributed by atoms with Crippen LogP contribution < -0.4 is 10.6 Å². The van der Waals surface area contributed by atoms with Crippen molar-refractivity contribution in [3.8, 4) is 0 Å². The molecule has 2 saturated heterocycles. The van der Waals surface area contributed by atoms with Gasteiger partial charge in [0, 0.05) is 48.2 Å². The van der Waals surface area contributed by atoms with Crippen molar-refractivity contribution in [3.63, 3.8) is 0 Å². The van der Waals surface area contributed by atoms with Gasteiger partial charge in [0.2, 0.25) is 11.8 Å². The molecule has 0 unspecified atom stereocenters. The molecule has 1 aromatic heterocycles. The number of fused-ring (bicyclic) bond motifs is 2. The van der Waals surface area contributed by atoms with Gasteiger partial charge in [-0.05, 0) is 63.4 Å². The standard InChI is InChI=1S/C27H38FN5O2/c1-4-22(31-26(34)16(2)29-3)27(35)32-12-11-24-25(32)21(15-33(24)18-7-5-6-8-18)20-14-30-23-13-17(28)9-10-19(20)23/h9-10,13-14,16,18,21-22,24-25,29-30H,4-8,11-12,15H2,1-3H3,(H,31,34)/t16-,21-,22-,24+,25+/m0/s1. The van der Waals surface area contributed by atoms with Crippen LogP contribution in [0.4, 0.5) is 4.39 Å². The van der Waals surface area contributed by atoms with E-state index in [9.17, 15) is 14.0 Å². The highest BCUT2D eigenvalue weighted by molar-refractivity contribution is 5.90. The molecule has 2 amide bonds. The average Bonchev–Trinajstić information content (AvgIpc) is 3.65. The lowest BCUT2D eigenvalue weighted by Gasteiger charge is -2.32. The number of halogens is 1. The molecular weight excluding hydrogens is 445 g/mol. The summed E-state index contributed by atoms with van der Waals surface area (Å²) < 4.78 is 13.9. The van der Waals surface area contributed by atoms with Crippen molar-refractivity contribution in [2.24, 2.45) is 0 Å². The second-order valence-corrected chi connectivity index (χ2v) is 10.5. The lowest BCUT2D eigenvalue weighted by atomic mass is 9.91. The molecule has 190 valence electrons. The number of amides is 2. The number of aromatic nitrogens is 1. The minimum Gasteiger partial charge on any atom is -0.361 e. The first-order valence-corrected chi connectivity index (χ1v) is 13.2. The number of likely N-dealkylation sites (N-methyl/N-ethyl adjacent to an activating group) is 1. The zero-order valence-corrected chi connectivity index (χ0v) is 21.0. The number of benzene rings is 1. The molecule has 5 rings (SSSR count). The zero-order chi connectivity index (χ0) is 24.7. The van der Waals surface area contributed by atoms with Crippen molar-refractivity contribution < 1.29 is 14.0 Å². The Labute approximate surface area is 206 Å². The Balaban J connectivity index is 1.46. The number of hydrogen-bond acceptors (Lipinski definition) is 4. The van der Waals surface area contributed by atoms with Gasteiger partial charge in [-0.3, -0.25) is 14.5 Å². The molecular formula is C27H38FN5O2. The van der Waals surface area contributed by atoms with Crippen LogP contribution in [0.1, 0.15) is 63.9 Å². The second kappa shape index (κ2) is 9.90. The van der Waals surface area contributed by atoms with Gasteiger partial charge in [0.05, 0.1) is 12.1 Å². The molecule has 3 fully saturated rings. The van der Waals surface area contributed by atoms with E-state index < -0.39 is 6.04 Å². The highest BCUT2D eigenvalue weighted by atomic mass is 19.1. The van der Waals surface area contributed by atoms with Crippen molar-refractivity contribution in [2.75, 3.05) is 20.1 Å². The molecule has 8 heteroatoms. The van der Waals surface area contributed by atoms with Crippen LogP contribution in [0.5, 0.6) is 0 Å². The molecule has 7 nitrogen and oxygen atoms in total. The van der Waals surface area contributed by atoms with E-state index in [4.69, 9.17) is 0 Å². The van der Waals surface area contributed by atoms with Gasteiger partial charge in [-0.2, -0.15) is 0 Å². The first-order chi connectivity index (χ1) is 16.9. The third kappa shape index (κ3) is 4.35. The van der Waals surface area contributed by atoms with Crippen LogP contribution >= 0.6 is 0 Å². The van der Waals surface area contributed by atoms with E-state index in [0.29, 0.717) is 25.0 Å². The van der Waals surface area contributed by atoms with Crippen molar-refractivity contribution >= 4 is 22.7 Å². The number of H-pyrrole nitrogens is 1. The molecule has 0 spiro atoms. The van der Waals surface area contributed by atoms with Gasteiger partial charge in [-0.15, -0.1) is 0 Å². The van der Waals surface area contributed by atoms with Gasteiger partial charge in [0.15, 0.2) is 0 Å². The number of nitrogens with zero attached hydrogens (tertiary/aromatic N) is 2. The SMILES string of the molecule is CC[C@H](NC(=O)[C@H](C)NC)C(=O)N1CC[C@@H]2[C@H]1[C@H](c1c[nH]c3cc(F)ccc13)CN2C1CCCC1. The number of carbonyl (C=O) groups excluding carboxylic acids is 2. The molecule has 1 aromatic carbocycles. The molecule has 1 aliphatic carbocycles. The molecule has 3 aliphatic rings. The number of rotatable bonds is 7. The van der Waals surface area contributed by atoms with Gasteiger partial charge in [0.25, 0.3) is 0 Å².